The Bertz CT molecular complexity index is 1790. The minimum atomic E-state index is -2.64. The number of halogens is 2. The van der Waals surface area contributed by atoms with Crippen LogP contribution in [0, 0.1) is 29.1 Å². The molecule has 0 aliphatic heterocycles. The molecule has 1 unspecified atom stereocenters. The standard InChI is InChI=1S/C21H25.C18H25.C9H10.2ClH.Zr/c1-20(2,3)16-9-7-14-11-15-8-10-17(21(4,5)6)13-19(15)18(14)12-16;1-12-3-13(2)17(4-12)11-18-8-14-5-15(9-18)7-16(6-14)10-18;1-2-6-9-7-4-3-5-8-9;;;/h7-13H,1-6H3;4,12,14-16H,5-11H2,1-2H3;3-5,7-8H,2H2,1H3;2*1H;/q;;;;;+2/p-2. The molecule has 0 aromatic heterocycles. The van der Waals surface area contributed by atoms with Crippen LogP contribution < -0.4 is 24.8 Å². The van der Waals surface area contributed by atoms with Gasteiger partial charge in [0.1, 0.15) is 0 Å². The van der Waals surface area contributed by atoms with E-state index in [2.05, 4.69) is 135 Å². The van der Waals surface area contributed by atoms with Crippen molar-refractivity contribution < 1.29 is 46.1 Å². The summed E-state index contributed by atoms with van der Waals surface area (Å²) in [7, 11) is 0. The zero-order valence-electron chi connectivity index (χ0n) is 32.7. The molecule has 4 fully saturated rings. The van der Waals surface area contributed by atoms with Crippen LogP contribution >= 0.6 is 0 Å². The summed E-state index contributed by atoms with van der Waals surface area (Å²) < 4.78 is 4.20. The molecular weight excluding hydrogens is 739 g/mol. The monoisotopic (exact) mass is 796 g/mol. The molecule has 3 aromatic carbocycles. The van der Waals surface area contributed by atoms with Crippen LogP contribution in [-0.4, -0.2) is 3.21 Å². The van der Waals surface area contributed by atoms with Gasteiger partial charge < -0.3 is 24.8 Å². The van der Waals surface area contributed by atoms with E-state index in [0.717, 1.165) is 24.2 Å². The minimum Gasteiger partial charge on any atom is -1.00 e. The fourth-order valence-corrected chi connectivity index (χ4v) is 21.8. The van der Waals surface area contributed by atoms with Crippen LogP contribution in [0.5, 0.6) is 0 Å². The topological polar surface area (TPSA) is 0 Å². The van der Waals surface area contributed by atoms with Gasteiger partial charge in [0.05, 0.1) is 0 Å². The molecule has 0 heterocycles. The van der Waals surface area contributed by atoms with Crippen molar-refractivity contribution in [3.05, 3.63) is 115 Å². The SMILES string of the molecule is CC/[C](c1ccccc1)=[Zr+2](\[C]1=C(C)C(CC23CC4CC(CC(C4)C2)C3)=CC1C)[CH]1c2ccc(C(C)(C)C)cc2-c2cc(C(C)(C)C)ccc21.[Cl-].[Cl-]. The quantitative estimate of drug-likeness (QED) is 0.251. The van der Waals surface area contributed by atoms with Crippen LogP contribution in [0.4, 0.5) is 0 Å². The Morgan fingerprint density at radius 3 is 1.67 bits per heavy atom. The van der Waals surface area contributed by atoms with Crippen molar-refractivity contribution >= 4 is 3.21 Å². The van der Waals surface area contributed by atoms with E-state index >= 15 is 0 Å². The Balaban J connectivity index is 0.00000224. The molecule has 1 atom stereocenters. The molecule has 0 saturated heterocycles. The first kappa shape index (κ1) is 39.2. The third kappa shape index (κ3) is 6.98. The second-order valence-electron chi connectivity index (χ2n) is 19.3. The fourth-order valence-electron chi connectivity index (χ4n) is 11.7. The first-order valence-corrected chi connectivity index (χ1v) is 23.6. The van der Waals surface area contributed by atoms with Crippen LogP contribution in [0.1, 0.15) is 145 Å². The molecule has 9 rings (SSSR count). The summed E-state index contributed by atoms with van der Waals surface area (Å²) in [5.41, 5.74) is 15.0. The molecular formula is C48H60Cl2Zr. The van der Waals surface area contributed by atoms with E-state index in [9.17, 15) is 0 Å². The smallest absolute Gasteiger partial charge is 1.00 e. The number of benzene rings is 3. The average Bonchev–Trinajstić information content (AvgIpc) is 3.50. The van der Waals surface area contributed by atoms with Gasteiger partial charge >= 0.3 is 308 Å². The van der Waals surface area contributed by atoms with E-state index < -0.39 is 21.3 Å². The Morgan fingerprint density at radius 2 is 1.22 bits per heavy atom. The number of rotatable bonds is 6. The summed E-state index contributed by atoms with van der Waals surface area (Å²) in [5, 5.41) is 0. The van der Waals surface area contributed by atoms with Crippen molar-refractivity contribution in [2.24, 2.45) is 29.1 Å². The van der Waals surface area contributed by atoms with Crippen molar-refractivity contribution in [3.8, 4) is 11.1 Å². The Kier molecular flexibility index (Phi) is 11.0. The first-order valence-electron chi connectivity index (χ1n) is 19.7. The molecule has 51 heavy (non-hydrogen) atoms. The number of hydrogen-bond donors (Lipinski definition) is 0. The summed E-state index contributed by atoms with van der Waals surface area (Å²) in [6, 6.07) is 26.9. The molecule has 0 spiro atoms. The zero-order chi connectivity index (χ0) is 34.5. The molecule has 3 aromatic rings. The average molecular weight is 799 g/mol. The minimum absolute atomic E-state index is 0. The van der Waals surface area contributed by atoms with E-state index in [0.29, 0.717) is 15.0 Å². The van der Waals surface area contributed by atoms with Crippen molar-refractivity contribution in [3.63, 3.8) is 0 Å². The maximum atomic E-state index is 2.78. The normalized spacial score (nSPS) is 26.7. The van der Waals surface area contributed by atoms with Gasteiger partial charge in [-0.3, -0.25) is 0 Å². The molecule has 270 valence electrons. The van der Waals surface area contributed by atoms with E-state index in [1.54, 1.807) is 25.5 Å². The van der Waals surface area contributed by atoms with Gasteiger partial charge in [-0.2, -0.15) is 0 Å². The third-order valence-corrected chi connectivity index (χ3v) is 23.2. The van der Waals surface area contributed by atoms with Gasteiger partial charge in [-0.25, -0.2) is 0 Å². The summed E-state index contributed by atoms with van der Waals surface area (Å²) >= 11 is -2.64. The van der Waals surface area contributed by atoms with E-state index in [-0.39, 0.29) is 35.6 Å². The molecule has 6 aliphatic rings. The predicted octanol–water partition coefficient (Wildman–Crippen LogP) is 7.06. The fraction of sp³-hybridized carbons (Fsp3) is 0.521. The summed E-state index contributed by atoms with van der Waals surface area (Å²) in [6.07, 6.45) is 14.4. The van der Waals surface area contributed by atoms with Crippen LogP contribution in [0.25, 0.3) is 11.1 Å². The Morgan fingerprint density at radius 1 is 0.725 bits per heavy atom. The second-order valence-corrected chi connectivity index (χ2v) is 25.5. The van der Waals surface area contributed by atoms with Gasteiger partial charge in [0.25, 0.3) is 0 Å². The molecule has 4 bridgehead atoms. The van der Waals surface area contributed by atoms with Gasteiger partial charge in [0.2, 0.25) is 0 Å². The molecule has 3 heteroatoms. The largest absolute Gasteiger partial charge is 1.00 e. The maximum absolute atomic E-state index is 2.78. The zero-order valence-corrected chi connectivity index (χ0v) is 36.7. The Hall–Kier alpha value is -1.53. The first-order chi connectivity index (χ1) is 23.2. The van der Waals surface area contributed by atoms with Crippen molar-refractivity contribution in [2.75, 3.05) is 0 Å². The predicted molar refractivity (Wildman–Crippen MR) is 207 cm³/mol. The van der Waals surface area contributed by atoms with Gasteiger partial charge in [0.15, 0.2) is 0 Å². The van der Waals surface area contributed by atoms with E-state index in [1.165, 1.54) is 72.8 Å². The summed E-state index contributed by atoms with van der Waals surface area (Å²) in [6.45, 7) is 21.9. The van der Waals surface area contributed by atoms with Crippen LogP contribution in [0.15, 0.2) is 87.2 Å². The van der Waals surface area contributed by atoms with Crippen molar-refractivity contribution in [1.82, 2.24) is 0 Å². The number of allylic oxidation sites excluding steroid dienone is 4. The van der Waals surface area contributed by atoms with Crippen LogP contribution in [0.3, 0.4) is 0 Å². The number of fused-ring (bicyclic) bond motifs is 3. The van der Waals surface area contributed by atoms with Gasteiger partial charge in [-0.1, -0.05) is 0 Å². The van der Waals surface area contributed by atoms with Crippen molar-refractivity contribution in [1.29, 1.82) is 0 Å². The molecule has 0 N–H and O–H groups in total. The van der Waals surface area contributed by atoms with E-state index in [1.807, 2.05) is 3.28 Å². The van der Waals surface area contributed by atoms with Crippen LogP contribution in [-0.2, 0) is 32.1 Å². The molecule has 0 nitrogen and oxygen atoms in total. The van der Waals surface area contributed by atoms with E-state index in [4.69, 9.17) is 0 Å². The molecule has 4 saturated carbocycles. The third-order valence-electron chi connectivity index (χ3n) is 13.7. The molecule has 0 radical (unpaired) electrons. The van der Waals surface area contributed by atoms with Gasteiger partial charge in [-0.05, 0) is 0 Å². The molecule has 0 amide bonds. The summed E-state index contributed by atoms with van der Waals surface area (Å²) in [4.78, 5) is 0. The van der Waals surface area contributed by atoms with Gasteiger partial charge in [-0.15, -0.1) is 0 Å². The summed E-state index contributed by atoms with van der Waals surface area (Å²) in [5.74, 6) is 3.59. The van der Waals surface area contributed by atoms with Gasteiger partial charge in [0, 0.05) is 0 Å². The second kappa shape index (κ2) is 14.3. The van der Waals surface area contributed by atoms with Crippen molar-refractivity contribution in [2.45, 2.75) is 128 Å². The maximum Gasteiger partial charge on any atom is -1.00 e. The molecule has 6 aliphatic carbocycles. The number of hydrogen-bond acceptors (Lipinski definition) is 0. The Labute approximate surface area is 330 Å². The van der Waals surface area contributed by atoms with Crippen LogP contribution in [0.2, 0.25) is 0 Å².